The molecule has 1 aliphatic heterocycles. The zero-order chi connectivity index (χ0) is 23.8. The molecule has 0 spiro atoms. The van der Waals surface area contributed by atoms with E-state index in [9.17, 15) is 14.4 Å². The Bertz CT molecular complexity index is 1140. The summed E-state index contributed by atoms with van der Waals surface area (Å²) in [6, 6.07) is 23.7. The second-order valence-electron chi connectivity index (χ2n) is 8.23. The van der Waals surface area contributed by atoms with Crippen LogP contribution >= 0.6 is 0 Å². The molecule has 0 saturated carbocycles. The average molecular weight is 457 g/mol. The summed E-state index contributed by atoms with van der Waals surface area (Å²) >= 11 is 0. The van der Waals surface area contributed by atoms with Crippen molar-refractivity contribution >= 4 is 29.1 Å². The van der Waals surface area contributed by atoms with Crippen molar-refractivity contribution in [3.63, 3.8) is 0 Å². The summed E-state index contributed by atoms with van der Waals surface area (Å²) in [5, 5.41) is 8.75. The summed E-state index contributed by atoms with van der Waals surface area (Å²) in [6.07, 6.45) is 2.11. The number of likely N-dealkylation sites (tertiary alicyclic amines) is 1. The van der Waals surface area contributed by atoms with Gasteiger partial charge in [0.25, 0.3) is 11.8 Å². The maximum absolute atomic E-state index is 12.5. The van der Waals surface area contributed by atoms with Gasteiger partial charge in [-0.1, -0.05) is 36.4 Å². The molecule has 0 unspecified atom stereocenters. The summed E-state index contributed by atoms with van der Waals surface area (Å²) in [7, 11) is 0. The number of hydrogen-bond donors (Lipinski definition) is 3. The molecule has 1 aliphatic rings. The van der Waals surface area contributed by atoms with Gasteiger partial charge in [-0.3, -0.25) is 14.4 Å². The fourth-order valence-corrected chi connectivity index (χ4v) is 3.84. The number of carbonyl (C=O) groups excluding carboxylic acids is 3. The van der Waals surface area contributed by atoms with E-state index in [4.69, 9.17) is 0 Å². The number of amides is 3. The highest BCUT2D eigenvalue weighted by atomic mass is 16.2. The average Bonchev–Trinajstić information content (AvgIpc) is 3.42. The van der Waals surface area contributed by atoms with E-state index in [0.717, 1.165) is 37.2 Å². The number of rotatable bonds is 8. The van der Waals surface area contributed by atoms with Crippen LogP contribution in [0.5, 0.6) is 0 Å². The van der Waals surface area contributed by atoms with Crippen molar-refractivity contribution in [3.05, 3.63) is 95.6 Å². The highest BCUT2D eigenvalue weighted by Crippen LogP contribution is 2.16. The lowest BCUT2D eigenvalue weighted by Gasteiger charge is -2.15. The van der Waals surface area contributed by atoms with Crippen LogP contribution in [-0.2, 0) is 11.3 Å². The van der Waals surface area contributed by atoms with Crippen LogP contribution in [0.4, 0.5) is 11.4 Å². The first-order chi connectivity index (χ1) is 16.6. The Kier molecular flexibility index (Phi) is 7.55. The molecule has 4 rings (SSSR count). The van der Waals surface area contributed by atoms with Crippen LogP contribution < -0.4 is 16.0 Å². The van der Waals surface area contributed by atoms with Crippen molar-refractivity contribution in [3.8, 4) is 0 Å². The lowest BCUT2D eigenvalue weighted by Crippen LogP contribution is -2.27. The summed E-state index contributed by atoms with van der Waals surface area (Å²) in [5.41, 5.74) is 3.44. The van der Waals surface area contributed by atoms with Crippen LogP contribution in [-0.4, -0.2) is 42.3 Å². The van der Waals surface area contributed by atoms with Crippen LogP contribution in [0.1, 0.15) is 39.1 Å². The molecule has 0 aliphatic carbocycles. The maximum atomic E-state index is 12.5. The van der Waals surface area contributed by atoms with Gasteiger partial charge in [0.2, 0.25) is 5.91 Å². The van der Waals surface area contributed by atoms with Crippen LogP contribution in [0.2, 0.25) is 0 Å². The predicted molar refractivity (Wildman–Crippen MR) is 133 cm³/mol. The lowest BCUT2D eigenvalue weighted by molar-refractivity contribution is -0.114. The van der Waals surface area contributed by atoms with E-state index in [0.29, 0.717) is 23.4 Å². The Morgan fingerprint density at radius 1 is 0.765 bits per heavy atom. The number of benzene rings is 3. The normalized spacial score (nSPS) is 12.8. The minimum Gasteiger partial charge on any atom is -0.376 e. The van der Waals surface area contributed by atoms with E-state index in [1.807, 2.05) is 35.2 Å². The van der Waals surface area contributed by atoms with Crippen LogP contribution in [0.15, 0.2) is 78.9 Å². The highest BCUT2D eigenvalue weighted by molar-refractivity contribution is 5.98. The maximum Gasteiger partial charge on any atom is 0.253 e. The smallest absolute Gasteiger partial charge is 0.253 e. The van der Waals surface area contributed by atoms with E-state index in [1.54, 1.807) is 48.5 Å². The third-order valence-electron chi connectivity index (χ3n) is 5.68. The minimum atomic E-state index is -0.237. The van der Waals surface area contributed by atoms with Gasteiger partial charge in [-0.15, -0.1) is 0 Å². The van der Waals surface area contributed by atoms with Gasteiger partial charge >= 0.3 is 0 Å². The molecule has 34 heavy (non-hydrogen) atoms. The second-order valence-corrected chi connectivity index (χ2v) is 8.23. The van der Waals surface area contributed by atoms with E-state index in [-0.39, 0.29) is 24.3 Å². The molecule has 1 saturated heterocycles. The van der Waals surface area contributed by atoms with Crippen molar-refractivity contribution in [2.45, 2.75) is 19.4 Å². The van der Waals surface area contributed by atoms with Crippen molar-refractivity contribution in [2.24, 2.45) is 0 Å². The first-order valence-electron chi connectivity index (χ1n) is 11.4. The summed E-state index contributed by atoms with van der Waals surface area (Å²) < 4.78 is 0. The van der Waals surface area contributed by atoms with Gasteiger partial charge in [0.05, 0.1) is 6.54 Å². The van der Waals surface area contributed by atoms with E-state index in [2.05, 4.69) is 16.0 Å². The topological polar surface area (TPSA) is 90.5 Å². The van der Waals surface area contributed by atoms with Crippen molar-refractivity contribution in [2.75, 3.05) is 30.3 Å². The minimum absolute atomic E-state index is 0.0504. The predicted octanol–water partition coefficient (Wildman–Crippen LogP) is 3.90. The molecule has 0 aromatic heterocycles. The van der Waals surface area contributed by atoms with E-state index >= 15 is 0 Å². The Morgan fingerprint density at radius 2 is 1.50 bits per heavy atom. The molecule has 0 atom stereocenters. The molecule has 3 amide bonds. The molecule has 3 N–H and O–H groups in total. The standard InChI is InChI=1S/C27H28N4O3/c32-25(19-28-23-13-11-21(12-14-23)27(34)31-15-4-5-16-31)30-24-10-6-9-22(17-24)26(33)29-18-20-7-2-1-3-8-20/h1-3,6-14,17,28H,4-5,15-16,18-19H2,(H,29,33)(H,30,32). The van der Waals surface area contributed by atoms with Crippen molar-refractivity contribution in [1.29, 1.82) is 0 Å². The van der Waals surface area contributed by atoms with Crippen molar-refractivity contribution in [1.82, 2.24) is 10.2 Å². The molecular formula is C27H28N4O3. The van der Waals surface area contributed by atoms with Crippen molar-refractivity contribution < 1.29 is 14.4 Å². The fourth-order valence-electron chi connectivity index (χ4n) is 3.84. The molecule has 3 aromatic rings. The quantitative estimate of drug-likeness (QED) is 0.480. The van der Waals surface area contributed by atoms with Gasteiger partial charge in [0.1, 0.15) is 0 Å². The van der Waals surface area contributed by atoms with E-state index < -0.39 is 0 Å². The van der Waals surface area contributed by atoms with Gasteiger partial charge in [-0.05, 0) is 60.9 Å². The van der Waals surface area contributed by atoms with Gasteiger partial charge in [-0.25, -0.2) is 0 Å². The van der Waals surface area contributed by atoms with Gasteiger partial charge in [-0.2, -0.15) is 0 Å². The largest absolute Gasteiger partial charge is 0.376 e. The Hall–Kier alpha value is -4.13. The second kappa shape index (κ2) is 11.1. The number of carbonyl (C=O) groups is 3. The van der Waals surface area contributed by atoms with Gasteiger partial charge in [0, 0.05) is 42.1 Å². The molecule has 0 bridgehead atoms. The molecule has 0 radical (unpaired) electrons. The molecule has 3 aromatic carbocycles. The third kappa shape index (κ3) is 6.22. The van der Waals surface area contributed by atoms with Crippen LogP contribution in [0.25, 0.3) is 0 Å². The van der Waals surface area contributed by atoms with Gasteiger partial charge < -0.3 is 20.9 Å². The Morgan fingerprint density at radius 3 is 2.24 bits per heavy atom. The van der Waals surface area contributed by atoms with Crippen LogP contribution in [0.3, 0.4) is 0 Å². The van der Waals surface area contributed by atoms with Gasteiger partial charge in [0.15, 0.2) is 0 Å². The molecule has 1 fully saturated rings. The molecule has 1 heterocycles. The fraction of sp³-hybridized carbons (Fsp3) is 0.222. The lowest BCUT2D eigenvalue weighted by atomic mass is 10.1. The number of nitrogens with one attached hydrogen (secondary N) is 3. The number of nitrogens with zero attached hydrogens (tertiary/aromatic N) is 1. The number of anilines is 2. The first kappa shape index (κ1) is 23.0. The first-order valence-corrected chi connectivity index (χ1v) is 11.4. The Balaban J connectivity index is 1.26. The zero-order valence-electron chi connectivity index (χ0n) is 18.9. The summed E-state index contributed by atoms with van der Waals surface area (Å²) in [4.78, 5) is 39.2. The molecule has 174 valence electrons. The third-order valence-corrected chi connectivity index (χ3v) is 5.68. The van der Waals surface area contributed by atoms with E-state index in [1.165, 1.54) is 0 Å². The summed E-state index contributed by atoms with van der Waals surface area (Å²) in [6.45, 7) is 2.12. The zero-order valence-corrected chi connectivity index (χ0v) is 18.9. The molecule has 7 heteroatoms. The number of hydrogen-bond acceptors (Lipinski definition) is 4. The van der Waals surface area contributed by atoms with Crippen LogP contribution in [0, 0.1) is 0 Å². The Labute approximate surface area is 199 Å². The monoisotopic (exact) mass is 456 g/mol. The molecule has 7 nitrogen and oxygen atoms in total. The summed E-state index contributed by atoms with van der Waals surface area (Å²) in [5.74, 6) is -0.393. The SMILES string of the molecule is O=C(CNc1ccc(C(=O)N2CCCC2)cc1)Nc1cccc(C(=O)NCc2ccccc2)c1. The highest BCUT2D eigenvalue weighted by Gasteiger charge is 2.19. The molecular weight excluding hydrogens is 428 g/mol.